The number of thiophene rings is 4. The Kier molecular flexibility index (Phi) is 15.3. The molecular formula is C34H23Br4Cl4LiS4. The topological polar surface area (TPSA) is 0 Å². The number of fused-ring (bicyclic) bond motifs is 10. The van der Waals surface area contributed by atoms with Gasteiger partial charge in [-0.1, -0.05) is 108 Å². The molecule has 4 heterocycles. The minimum Gasteiger partial charge on any atom is -0.343 e. The Bertz CT molecular complexity index is 2100. The second kappa shape index (κ2) is 17.6. The molecule has 0 bridgehead atoms. The van der Waals surface area contributed by atoms with Crippen molar-refractivity contribution in [1.82, 2.24) is 0 Å². The van der Waals surface area contributed by atoms with E-state index in [1.807, 2.05) is 22.7 Å². The van der Waals surface area contributed by atoms with Crippen molar-refractivity contribution in [3.8, 4) is 0 Å². The molecule has 0 spiro atoms. The van der Waals surface area contributed by atoms with Gasteiger partial charge < -0.3 is 6.92 Å². The van der Waals surface area contributed by atoms with Gasteiger partial charge in [-0.3, -0.25) is 0 Å². The van der Waals surface area contributed by atoms with Crippen LogP contribution in [0.4, 0.5) is 0 Å². The predicted octanol–water partition coefficient (Wildman–Crippen LogP) is 14.7. The van der Waals surface area contributed by atoms with Crippen LogP contribution >= 0.6 is 155 Å². The van der Waals surface area contributed by atoms with Gasteiger partial charge in [0.25, 0.3) is 0 Å². The third-order valence-electron chi connectivity index (χ3n) is 6.80. The van der Waals surface area contributed by atoms with Crippen LogP contribution in [0.1, 0.15) is 19.8 Å². The Hall–Kier alpha value is 0.917. The van der Waals surface area contributed by atoms with Crippen molar-refractivity contribution >= 4 is 217 Å². The van der Waals surface area contributed by atoms with E-state index in [1.54, 1.807) is 22.7 Å². The van der Waals surface area contributed by atoms with E-state index < -0.39 is 6.49 Å². The van der Waals surface area contributed by atoms with E-state index in [2.05, 4.69) is 161 Å². The van der Waals surface area contributed by atoms with Crippen LogP contribution in [0, 0.1) is 6.92 Å². The van der Waals surface area contributed by atoms with Crippen LogP contribution in [0.3, 0.4) is 0 Å². The molecule has 47 heavy (non-hydrogen) atoms. The first-order valence-corrected chi connectivity index (χ1v) is 21.8. The molecule has 0 unspecified atom stereocenters. The average molecular weight is 1030 g/mol. The normalized spacial score (nSPS) is 11.6. The van der Waals surface area contributed by atoms with E-state index in [1.165, 1.54) is 75.9 Å². The van der Waals surface area contributed by atoms with Crippen LogP contribution in [0.5, 0.6) is 0 Å². The summed E-state index contributed by atoms with van der Waals surface area (Å²) in [6, 6.07) is 26.6. The van der Waals surface area contributed by atoms with Crippen LogP contribution in [-0.2, 0) is 0 Å². The number of unbranched alkanes of at least 4 members (excludes halogenated alkanes) is 1. The number of hydrogen-bond donors (Lipinski definition) is 0. The van der Waals surface area contributed by atoms with Gasteiger partial charge in [0.15, 0.2) is 0 Å². The molecule has 4 aromatic carbocycles. The summed E-state index contributed by atoms with van der Waals surface area (Å²) in [7, 11) is 0. The first kappa shape index (κ1) is 40.7. The molecule has 0 saturated heterocycles. The first-order chi connectivity index (χ1) is 21.8. The Balaban J connectivity index is 0.000000159. The van der Waals surface area contributed by atoms with Gasteiger partial charge in [0.1, 0.15) is 0 Å². The summed E-state index contributed by atoms with van der Waals surface area (Å²) in [4.78, 5) is 0. The zero-order chi connectivity index (χ0) is 33.2. The maximum Gasteiger partial charge on any atom is 1.00 e. The van der Waals surface area contributed by atoms with Crippen molar-refractivity contribution in [3.63, 3.8) is 0 Å². The van der Waals surface area contributed by atoms with Crippen LogP contribution in [0.15, 0.2) is 91.1 Å². The zero-order valence-corrected chi connectivity index (χ0v) is 37.5. The standard InChI is InChI=1S/C14H6Br2S2.C14H8S2.C4H9.C2Br2Cl4.Li/c15-11-5-7-1-3-9-10(13(7)17-11)4-2-8-6-12(16)18-14(8)9;1-3-11-12(13-9(1)5-7-15-13)4-2-10-6-8-16-14(10)11;1-3-4-2;3-1(5,6)2(4,7)8;/h1-6H;1-8H;1,3-4H2,2H3;;/q;;-1;;+1. The Morgan fingerprint density at radius 2 is 0.894 bits per heavy atom. The first-order valence-electron chi connectivity index (χ1n) is 13.7. The number of hydrogen-bond acceptors (Lipinski definition) is 4. The largest absolute Gasteiger partial charge is 1.00 e. The molecule has 0 radical (unpaired) electrons. The van der Waals surface area contributed by atoms with Crippen molar-refractivity contribution in [2.75, 3.05) is 0 Å². The molecule has 0 aliphatic heterocycles. The minimum atomic E-state index is -1.36. The van der Waals surface area contributed by atoms with Crippen molar-refractivity contribution in [1.29, 1.82) is 0 Å². The smallest absolute Gasteiger partial charge is 0.343 e. The number of alkyl halides is 6. The van der Waals surface area contributed by atoms with E-state index in [9.17, 15) is 0 Å². The molecule has 0 N–H and O–H groups in total. The minimum absolute atomic E-state index is 0. The molecular weight excluding hydrogens is 1010 g/mol. The van der Waals surface area contributed by atoms with Crippen LogP contribution in [0.25, 0.3) is 61.9 Å². The Morgan fingerprint density at radius 1 is 0.574 bits per heavy atom. The van der Waals surface area contributed by atoms with Gasteiger partial charge in [-0.05, 0) is 120 Å². The summed E-state index contributed by atoms with van der Waals surface area (Å²) < 4.78 is 5.22. The number of rotatable bonds is 2. The molecule has 0 aliphatic rings. The zero-order valence-electron chi connectivity index (χ0n) is 24.9. The Labute approximate surface area is 355 Å². The molecule has 8 rings (SSSR count). The predicted molar refractivity (Wildman–Crippen MR) is 232 cm³/mol. The summed E-state index contributed by atoms with van der Waals surface area (Å²) in [6.07, 6.45) is 2.28. The van der Waals surface area contributed by atoms with Gasteiger partial charge in [-0.2, -0.15) is 6.42 Å². The molecule has 8 aromatic rings. The molecule has 0 aliphatic carbocycles. The van der Waals surface area contributed by atoms with Crippen LogP contribution < -0.4 is 18.9 Å². The summed E-state index contributed by atoms with van der Waals surface area (Å²) in [5.74, 6) is 0. The van der Waals surface area contributed by atoms with Crippen LogP contribution in [0.2, 0.25) is 0 Å². The summed E-state index contributed by atoms with van der Waals surface area (Å²) in [5.41, 5.74) is 0. The van der Waals surface area contributed by atoms with Crippen molar-refractivity contribution in [2.45, 2.75) is 26.3 Å². The van der Waals surface area contributed by atoms with Crippen molar-refractivity contribution in [3.05, 3.63) is 98.1 Å². The molecule has 0 nitrogen and oxygen atoms in total. The number of halogens is 8. The quantitative estimate of drug-likeness (QED) is 0.0920. The second-order valence-electron chi connectivity index (χ2n) is 9.92. The van der Waals surface area contributed by atoms with Gasteiger partial charge in [0.05, 0.1) is 7.57 Å². The van der Waals surface area contributed by atoms with Gasteiger partial charge in [0, 0.05) is 40.3 Å². The van der Waals surface area contributed by atoms with E-state index in [4.69, 9.17) is 46.4 Å². The van der Waals surface area contributed by atoms with Gasteiger partial charge in [0.2, 0.25) is 6.49 Å². The molecule has 13 heteroatoms. The fourth-order valence-corrected chi connectivity index (χ4v) is 9.75. The molecule has 0 saturated carbocycles. The van der Waals surface area contributed by atoms with Gasteiger partial charge >= 0.3 is 18.9 Å². The van der Waals surface area contributed by atoms with Crippen molar-refractivity contribution < 1.29 is 18.9 Å². The third-order valence-corrected chi connectivity index (χ3v) is 16.3. The van der Waals surface area contributed by atoms with E-state index in [-0.39, 0.29) is 18.9 Å². The molecule has 240 valence electrons. The fourth-order valence-electron chi connectivity index (χ4n) is 4.60. The molecule has 4 aromatic heterocycles. The third kappa shape index (κ3) is 9.67. The second-order valence-corrected chi connectivity index (χ2v) is 23.5. The summed E-state index contributed by atoms with van der Waals surface area (Å²) in [5, 5.41) is 15.2. The van der Waals surface area contributed by atoms with E-state index >= 15 is 0 Å². The van der Waals surface area contributed by atoms with Crippen LogP contribution in [-0.4, -0.2) is 6.49 Å². The maximum atomic E-state index is 5.38. The van der Waals surface area contributed by atoms with Gasteiger partial charge in [-0.15, -0.1) is 45.3 Å². The summed E-state index contributed by atoms with van der Waals surface area (Å²) in [6.45, 7) is 5.72. The number of benzene rings is 4. The van der Waals surface area contributed by atoms with E-state index in [0.717, 1.165) is 6.42 Å². The van der Waals surface area contributed by atoms with Gasteiger partial charge in [-0.25, -0.2) is 0 Å². The monoisotopic (exact) mass is 1020 g/mol. The van der Waals surface area contributed by atoms with Crippen molar-refractivity contribution in [2.24, 2.45) is 0 Å². The maximum absolute atomic E-state index is 5.38. The van der Waals surface area contributed by atoms with E-state index in [0.29, 0.717) is 0 Å². The molecule has 0 amide bonds. The molecule has 0 atom stereocenters. The SMILES string of the molecule is Brc1cc2ccc3c(ccc4cc(Br)sc43)c2s1.ClC(Cl)(Br)C(Cl)(Cl)Br.[CH2-]CCC.[Li+].c1cc2ccc3c(ccc4ccsc43)c2s1. The Morgan fingerprint density at radius 3 is 1.21 bits per heavy atom. The molecule has 0 fully saturated rings. The average Bonchev–Trinajstić information content (AvgIpc) is 3.81. The fraction of sp³-hybridized carbons (Fsp3) is 0.147. The summed E-state index contributed by atoms with van der Waals surface area (Å²) >= 11 is 41.6.